The number of nitrogens with one attached hydrogen (secondary N) is 1. The van der Waals surface area contributed by atoms with E-state index in [1.807, 2.05) is 38.1 Å². The SMILES string of the molecule is CC(C)(CN)CC(=O)c1c[nH]c2ccccc12. The van der Waals surface area contributed by atoms with E-state index in [2.05, 4.69) is 4.98 Å². The van der Waals surface area contributed by atoms with Gasteiger partial charge in [0, 0.05) is 29.1 Å². The molecule has 0 atom stereocenters. The first kappa shape index (κ1) is 11.9. The molecular formula is C14H18N2O. The normalized spacial score (nSPS) is 11.9. The van der Waals surface area contributed by atoms with E-state index in [1.165, 1.54) is 0 Å². The zero-order valence-corrected chi connectivity index (χ0v) is 10.3. The lowest BCUT2D eigenvalue weighted by Gasteiger charge is -2.20. The summed E-state index contributed by atoms with van der Waals surface area (Å²) in [5, 5.41) is 0.991. The van der Waals surface area contributed by atoms with Gasteiger partial charge in [0.2, 0.25) is 0 Å². The van der Waals surface area contributed by atoms with E-state index in [4.69, 9.17) is 5.73 Å². The predicted molar refractivity (Wildman–Crippen MR) is 70.1 cm³/mol. The molecule has 0 amide bonds. The summed E-state index contributed by atoms with van der Waals surface area (Å²) in [7, 11) is 0. The van der Waals surface area contributed by atoms with Crippen molar-refractivity contribution >= 4 is 16.7 Å². The van der Waals surface area contributed by atoms with Crippen molar-refractivity contribution in [1.82, 2.24) is 4.98 Å². The average molecular weight is 230 g/mol. The van der Waals surface area contributed by atoms with E-state index in [0.717, 1.165) is 16.5 Å². The monoisotopic (exact) mass is 230 g/mol. The van der Waals surface area contributed by atoms with Gasteiger partial charge in [-0.3, -0.25) is 4.79 Å². The highest BCUT2D eigenvalue weighted by molar-refractivity contribution is 6.08. The molecule has 3 nitrogen and oxygen atoms in total. The van der Waals surface area contributed by atoms with Crippen molar-refractivity contribution in [3.63, 3.8) is 0 Å². The van der Waals surface area contributed by atoms with Crippen LogP contribution in [0.1, 0.15) is 30.6 Å². The number of nitrogens with two attached hydrogens (primary N) is 1. The lowest BCUT2D eigenvalue weighted by molar-refractivity contribution is 0.0936. The molecule has 0 radical (unpaired) electrons. The molecule has 0 saturated carbocycles. The minimum atomic E-state index is -0.143. The van der Waals surface area contributed by atoms with Crippen LogP contribution in [-0.4, -0.2) is 17.3 Å². The number of Topliss-reactive ketones (excluding diaryl/α,β-unsaturated/α-hetero) is 1. The highest BCUT2D eigenvalue weighted by atomic mass is 16.1. The van der Waals surface area contributed by atoms with Crippen LogP contribution >= 0.6 is 0 Å². The number of carbonyl (C=O) groups excluding carboxylic acids is 1. The average Bonchev–Trinajstić information content (AvgIpc) is 2.72. The Kier molecular flexibility index (Phi) is 3.03. The van der Waals surface area contributed by atoms with Gasteiger partial charge in [-0.2, -0.15) is 0 Å². The summed E-state index contributed by atoms with van der Waals surface area (Å²) in [5.74, 6) is 0.151. The van der Waals surface area contributed by atoms with Crippen LogP contribution in [0, 0.1) is 5.41 Å². The number of para-hydroxylation sites is 1. The number of ketones is 1. The van der Waals surface area contributed by atoms with Gasteiger partial charge in [0.05, 0.1) is 0 Å². The van der Waals surface area contributed by atoms with E-state index in [0.29, 0.717) is 13.0 Å². The van der Waals surface area contributed by atoms with Crippen LogP contribution in [-0.2, 0) is 0 Å². The van der Waals surface area contributed by atoms with Gasteiger partial charge in [0.25, 0.3) is 0 Å². The molecule has 3 N–H and O–H groups in total. The largest absolute Gasteiger partial charge is 0.360 e. The Bertz CT molecular complexity index is 540. The summed E-state index contributed by atoms with van der Waals surface area (Å²) in [6.07, 6.45) is 2.27. The standard InChI is InChI=1S/C14H18N2O/c1-14(2,9-15)7-13(17)11-8-16-12-6-4-3-5-10(11)12/h3-6,8,16H,7,9,15H2,1-2H3. The lowest BCUT2D eigenvalue weighted by atomic mass is 9.86. The molecule has 1 aromatic heterocycles. The van der Waals surface area contributed by atoms with Crippen molar-refractivity contribution in [3.8, 4) is 0 Å². The van der Waals surface area contributed by atoms with Crippen molar-refractivity contribution in [2.45, 2.75) is 20.3 Å². The van der Waals surface area contributed by atoms with Gasteiger partial charge in [-0.1, -0.05) is 32.0 Å². The summed E-state index contributed by atoms with van der Waals surface area (Å²) in [6, 6.07) is 7.84. The Balaban J connectivity index is 2.31. The molecule has 0 fully saturated rings. The third-order valence-corrected chi connectivity index (χ3v) is 3.08. The van der Waals surface area contributed by atoms with Gasteiger partial charge in [0.1, 0.15) is 0 Å². The first-order valence-electron chi connectivity index (χ1n) is 5.83. The fraction of sp³-hybridized carbons (Fsp3) is 0.357. The van der Waals surface area contributed by atoms with Crippen LogP contribution < -0.4 is 5.73 Å². The third kappa shape index (κ3) is 2.39. The van der Waals surface area contributed by atoms with E-state index >= 15 is 0 Å². The number of carbonyl (C=O) groups is 1. The van der Waals surface area contributed by atoms with Crippen LogP contribution in [0.25, 0.3) is 10.9 Å². The molecule has 0 aliphatic heterocycles. The summed E-state index contributed by atoms with van der Waals surface area (Å²) in [6.45, 7) is 4.54. The topological polar surface area (TPSA) is 58.9 Å². The van der Waals surface area contributed by atoms with Gasteiger partial charge >= 0.3 is 0 Å². The molecule has 0 aliphatic rings. The lowest BCUT2D eigenvalue weighted by Crippen LogP contribution is -2.26. The number of benzene rings is 1. The summed E-state index contributed by atoms with van der Waals surface area (Å²) >= 11 is 0. The molecule has 0 saturated heterocycles. The zero-order valence-electron chi connectivity index (χ0n) is 10.3. The highest BCUT2D eigenvalue weighted by Crippen LogP contribution is 2.25. The fourth-order valence-electron chi connectivity index (χ4n) is 1.90. The Morgan fingerprint density at radius 2 is 2.06 bits per heavy atom. The van der Waals surface area contributed by atoms with Gasteiger partial charge in [-0.15, -0.1) is 0 Å². The number of hydrogen-bond acceptors (Lipinski definition) is 2. The summed E-state index contributed by atoms with van der Waals surface area (Å²) < 4.78 is 0. The maximum atomic E-state index is 12.2. The molecule has 1 heterocycles. The maximum absolute atomic E-state index is 12.2. The molecule has 0 unspecified atom stereocenters. The minimum Gasteiger partial charge on any atom is -0.360 e. The van der Waals surface area contributed by atoms with Crippen LogP contribution in [0.3, 0.4) is 0 Å². The van der Waals surface area contributed by atoms with Gasteiger partial charge in [-0.25, -0.2) is 0 Å². The number of aromatic nitrogens is 1. The number of H-pyrrole nitrogens is 1. The van der Waals surface area contributed by atoms with Gasteiger partial charge < -0.3 is 10.7 Å². The van der Waals surface area contributed by atoms with Crippen molar-refractivity contribution < 1.29 is 4.79 Å². The number of hydrogen-bond donors (Lipinski definition) is 2. The van der Waals surface area contributed by atoms with Crippen molar-refractivity contribution in [3.05, 3.63) is 36.0 Å². The van der Waals surface area contributed by atoms with Crippen molar-refractivity contribution in [2.24, 2.45) is 11.1 Å². The number of rotatable bonds is 4. The highest BCUT2D eigenvalue weighted by Gasteiger charge is 2.22. The molecular weight excluding hydrogens is 212 g/mol. The van der Waals surface area contributed by atoms with Crippen molar-refractivity contribution in [1.29, 1.82) is 0 Å². The molecule has 2 rings (SSSR count). The first-order chi connectivity index (χ1) is 8.03. The summed E-state index contributed by atoms with van der Waals surface area (Å²) in [4.78, 5) is 15.3. The Hall–Kier alpha value is -1.61. The van der Waals surface area contributed by atoms with Gasteiger partial charge in [-0.05, 0) is 18.0 Å². The van der Waals surface area contributed by atoms with E-state index < -0.39 is 0 Å². The van der Waals surface area contributed by atoms with Crippen LogP contribution in [0.2, 0.25) is 0 Å². The molecule has 0 spiro atoms. The summed E-state index contributed by atoms with van der Waals surface area (Å²) in [5.41, 5.74) is 7.28. The van der Waals surface area contributed by atoms with E-state index in [1.54, 1.807) is 6.20 Å². The Morgan fingerprint density at radius 3 is 2.76 bits per heavy atom. The molecule has 1 aromatic carbocycles. The second kappa shape index (κ2) is 4.34. The van der Waals surface area contributed by atoms with Gasteiger partial charge in [0.15, 0.2) is 5.78 Å². The second-order valence-corrected chi connectivity index (χ2v) is 5.22. The Morgan fingerprint density at radius 1 is 1.35 bits per heavy atom. The number of fused-ring (bicyclic) bond motifs is 1. The minimum absolute atomic E-state index is 0.143. The molecule has 0 aliphatic carbocycles. The molecule has 17 heavy (non-hydrogen) atoms. The quantitative estimate of drug-likeness (QED) is 0.793. The zero-order chi connectivity index (χ0) is 12.5. The van der Waals surface area contributed by atoms with Crippen LogP contribution in [0.5, 0.6) is 0 Å². The van der Waals surface area contributed by atoms with E-state index in [9.17, 15) is 4.79 Å². The van der Waals surface area contributed by atoms with Crippen LogP contribution in [0.15, 0.2) is 30.5 Å². The van der Waals surface area contributed by atoms with Crippen LogP contribution in [0.4, 0.5) is 0 Å². The number of aromatic amines is 1. The molecule has 90 valence electrons. The first-order valence-corrected chi connectivity index (χ1v) is 5.83. The second-order valence-electron chi connectivity index (χ2n) is 5.22. The molecule has 0 bridgehead atoms. The Labute approximate surface area is 101 Å². The maximum Gasteiger partial charge on any atom is 0.165 e. The molecule has 3 heteroatoms. The molecule has 2 aromatic rings. The third-order valence-electron chi connectivity index (χ3n) is 3.08. The van der Waals surface area contributed by atoms with Crippen molar-refractivity contribution in [2.75, 3.05) is 6.54 Å². The fourth-order valence-corrected chi connectivity index (χ4v) is 1.90. The predicted octanol–water partition coefficient (Wildman–Crippen LogP) is 2.73. The van der Waals surface area contributed by atoms with E-state index in [-0.39, 0.29) is 11.2 Å². The smallest absolute Gasteiger partial charge is 0.165 e.